The Morgan fingerprint density at radius 3 is 2.74 bits per heavy atom. The molecule has 19 heavy (non-hydrogen) atoms. The maximum Gasteiger partial charge on any atom is 0.283 e. The highest BCUT2D eigenvalue weighted by Crippen LogP contribution is 2.17. The van der Waals surface area contributed by atoms with Gasteiger partial charge in [0.1, 0.15) is 4.47 Å². The van der Waals surface area contributed by atoms with Gasteiger partial charge in [-0.15, -0.1) is 0 Å². The van der Waals surface area contributed by atoms with Crippen LogP contribution in [0.25, 0.3) is 0 Å². The Morgan fingerprint density at radius 1 is 1.47 bits per heavy atom. The Hall–Kier alpha value is -0.880. The minimum absolute atomic E-state index is 0.109. The Labute approximate surface area is 122 Å². The topological polar surface area (TPSA) is 56.1 Å². The van der Waals surface area contributed by atoms with Crippen molar-refractivity contribution in [3.8, 4) is 0 Å². The third-order valence-corrected chi connectivity index (χ3v) is 3.26. The largest absolute Gasteiger partial charge is 0.380 e. The summed E-state index contributed by atoms with van der Waals surface area (Å²) in [5.41, 5.74) is 0.597. The first kappa shape index (κ1) is 16.2. The van der Waals surface area contributed by atoms with E-state index in [1.165, 1.54) is 4.68 Å². The first-order chi connectivity index (χ1) is 8.95. The fraction of sp³-hybridized carbons (Fsp3) is 0.692. The smallest absolute Gasteiger partial charge is 0.283 e. The summed E-state index contributed by atoms with van der Waals surface area (Å²) in [5.74, 6) is 0.382. The molecule has 1 aromatic heterocycles. The van der Waals surface area contributed by atoms with E-state index < -0.39 is 0 Å². The van der Waals surface area contributed by atoms with Crippen molar-refractivity contribution in [2.24, 2.45) is 5.92 Å². The van der Waals surface area contributed by atoms with E-state index in [-0.39, 0.29) is 11.6 Å². The predicted octanol–water partition coefficient (Wildman–Crippen LogP) is 2.50. The first-order valence-corrected chi connectivity index (χ1v) is 7.34. The molecule has 1 aromatic rings. The van der Waals surface area contributed by atoms with E-state index in [1.54, 1.807) is 6.20 Å². The van der Waals surface area contributed by atoms with Crippen molar-refractivity contribution >= 4 is 21.6 Å². The summed E-state index contributed by atoms with van der Waals surface area (Å²) in [4.78, 5) is 12.1. The number of nitrogens with one attached hydrogen (secondary N) is 1. The van der Waals surface area contributed by atoms with Gasteiger partial charge in [0.2, 0.25) is 0 Å². The van der Waals surface area contributed by atoms with Gasteiger partial charge in [0, 0.05) is 19.2 Å². The van der Waals surface area contributed by atoms with Gasteiger partial charge < -0.3 is 10.1 Å². The third-order valence-electron chi connectivity index (χ3n) is 2.50. The second kappa shape index (κ2) is 7.65. The van der Waals surface area contributed by atoms with Crippen molar-refractivity contribution in [1.29, 1.82) is 0 Å². The Kier molecular flexibility index (Phi) is 6.51. The molecule has 0 aromatic carbocycles. The molecule has 0 spiro atoms. The average molecular weight is 332 g/mol. The van der Waals surface area contributed by atoms with Crippen LogP contribution in [-0.4, -0.2) is 29.0 Å². The Balaban J connectivity index is 2.81. The van der Waals surface area contributed by atoms with E-state index in [0.717, 1.165) is 0 Å². The van der Waals surface area contributed by atoms with Gasteiger partial charge in [-0.2, -0.15) is 5.10 Å². The van der Waals surface area contributed by atoms with Crippen molar-refractivity contribution in [3.05, 3.63) is 21.0 Å². The molecule has 0 aliphatic rings. The van der Waals surface area contributed by atoms with Gasteiger partial charge in [0.05, 0.1) is 18.5 Å². The molecule has 108 valence electrons. The van der Waals surface area contributed by atoms with E-state index in [1.807, 2.05) is 13.8 Å². The fourth-order valence-corrected chi connectivity index (χ4v) is 2.06. The van der Waals surface area contributed by atoms with Crippen LogP contribution in [0.4, 0.5) is 5.69 Å². The first-order valence-electron chi connectivity index (χ1n) is 6.55. The summed E-state index contributed by atoms with van der Waals surface area (Å²) in [6, 6.07) is 0.124. The van der Waals surface area contributed by atoms with Gasteiger partial charge in [-0.3, -0.25) is 4.79 Å². The highest BCUT2D eigenvalue weighted by Gasteiger charge is 2.11. The number of halogens is 1. The number of hydrogen-bond donors (Lipinski definition) is 1. The van der Waals surface area contributed by atoms with Crippen LogP contribution in [0.15, 0.2) is 15.5 Å². The average Bonchev–Trinajstić information content (AvgIpc) is 2.35. The summed E-state index contributed by atoms with van der Waals surface area (Å²) in [5, 5.41) is 7.40. The molecule has 0 aliphatic carbocycles. The van der Waals surface area contributed by atoms with Crippen LogP contribution in [0.2, 0.25) is 0 Å². The summed E-state index contributed by atoms with van der Waals surface area (Å²) in [6.45, 7) is 9.96. The van der Waals surface area contributed by atoms with Crippen molar-refractivity contribution in [2.75, 3.05) is 18.5 Å². The summed E-state index contributed by atoms with van der Waals surface area (Å²) in [6.07, 6.45) is 1.68. The number of aromatic nitrogens is 2. The molecule has 6 heteroatoms. The maximum absolute atomic E-state index is 12.1. The molecule has 0 aliphatic heterocycles. The lowest BCUT2D eigenvalue weighted by Gasteiger charge is -2.16. The SMILES string of the molecule is CCOCC(C)Nc1cnn(CC(C)C)c(=O)c1Br. The standard InChI is InChI=1S/C13H22BrN3O2/c1-5-19-8-10(4)16-11-6-15-17(7-9(2)3)13(18)12(11)14/h6,9-10,16H,5,7-8H2,1-4H3. The molecule has 1 N–H and O–H groups in total. The zero-order valence-corrected chi connectivity index (χ0v) is 13.5. The molecule has 0 radical (unpaired) electrons. The summed E-state index contributed by atoms with van der Waals surface area (Å²) in [7, 11) is 0. The minimum atomic E-state index is -0.109. The highest BCUT2D eigenvalue weighted by molar-refractivity contribution is 9.10. The molecule has 1 rings (SSSR count). The van der Waals surface area contributed by atoms with Gasteiger partial charge in [0.15, 0.2) is 0 Å². The number of anilines is 1. The van der Waals surface area contributed by atoms with Crippen LogP contribution in [0.5, 0.6) is 0 Å². The monoisotopic (exact) mass is 331 g/mol. The zero-order chi connectivity index (χ0) is 14.4. The number of ether oxygens (including phenoxy) is 1. The normalized spacial score (nSPS) is 12.7. The number of rotatable bonds is 7. The number of nitrogens with zero attached hydrogens (tertiary/aromatic N) is 2. The van der Waals surface area contributed by atoms with Crippen molar-refractivity contribution in [3.63, 3.8) is 0 Å². The van der Waals surface area contributed by atoms with Crippen LogP contribution < -0.4 is 10.9 Å². The van der Waals surface area contributed by atoms with Crippen LogP contribution >= 0.6 is 15.9 Å². The van der Waals surface area contributed by atoms with E-state index in [4.69, 9.17) is 4.74 Å². The van der Waals surface area contributed by atoms with Crippen LogP contribution in [-0.2, 0) is 11.3 Å². The second-order valence-corrected chi connectivity index (χ2v) is 5.75. The molecule has 0 bridgehead atoms. The van der Waals surface area contributed by atoms with E-state index in [9.17, 15) is 4.79 Å². The van der Waals surface area contributed by atoms with Crippen LogP contribution in [0.3, 0.4) is 0 Å². The second-order valence-electron chi connectivity index (χ2n) is 4.96. The lowest BCUT2D eigenvalue weighted by atomic mass is 10.2. The fourth-order valence-electron chi connectivity index (χ4n) is 1.64. The predicted molar refractivity (Wildman–Crippen MR) is 80.6 cm³/mol. The van der Waals surface area contributed by atoms with E-state index in [0.29, 0.717) is 35.8 Å². The van der Waals surface area contributed by atoms with E-state index >= 15 is 0 Å². The third kappa shape index (κ3) is 4.95. The molecule has 0 saturated heterocycles. The maximum atomic E-state index is 12.1. The molecular weight excluding hydrogens is 310 g/mol. The molecule has 1 heterocycles. The Morgan fingerprint density at radius 2 is 2.16 bits per heavy atom. The van der Waals surface area contributed by atoms with Crippen LogP contribution in [0.1, 0.15) is 27.7 Å². The van der Waals surface area contributed by atoms with Crippen molar-refractivity contribution in [2.45, 2.75) is 40.3 Å². The summed E-state index contributed by atoms with van der Waals surface area (Å²) < 4.78 is 7.33. The van der Waals surface area contributed by atoms with Gasteiger partial charge >= 0.3 is 0 Å². The lowest BCUT2D eigenvalue weighted by Crippen LogP contribution is -2.28. The zero-order valence-electron chi connectivity index (χ0n) is 11.9. The van der Waals surface area contributed by atoms with Crippen molar-refractivity contribution in [1.82, 2.24) is 9.78 Å². The Bertz CT molecular complexity index is 460. The molecule has 0 amide bonds. The van der Waals surface area contributed by atoms with Gasteiger partial charge in [-0.05, 0) is 35.7 Å². The summed E-state index contributed by atoms with van der Waals surface area (Å²) >= 11 is 3.34. The van der Waals surface area contributed by atoms with Gasteiger partial charge in [-0.1, -0.05) is 13.8 Å². The van der Waals surface area contributed by atoms with Crippen molar-refractivity contribution < 1.29 is 4.74 Å². The van der Waals surface area contributed by atoms with Gasteiger partial charge in [-0.25, -0.2) is 4.68 Å². The number of hydrogen-bond acceptors (Lipinski definition) is 4. The molecule has 5 nitrogen and oxygen atoms in total. The molecule has 1 unspecified atom stereocenters. The highest BCUT2D eigenvalue weighted by atomic mass is 79.9. The minimum Gasteiger partial charge on any atom is -0.380 e. The van der Waals surface area contributed by atoms with Crippen LogP contribution in [0, 0.1) is 5.92 Å². The molecular formula is C13H22BrN3O2. The molecule has 0 fully saturated rings. The molecule has 1 atom stereocenters. The molecule has 0 saturated carbocycles. The van der Waals surface area contributed by atoms with Gasteiger partial charge in [0.25, 0.3) is 5.56 Å². The van der Waals surface area contributed by atoms with E-state index in [2.05, 4.69) is 40.2 Å². The lowest BCUT2D eigenvalue weighted by molar-refractivity contribution is 0.141. The quantitative estimate of drug-likeness (QED) is 0.834.